The predicted molar refractivity (Wildman–Crippen MR) is 112 cm³/mol. The van der Waals surface area contributed by atoms with Gasteiger partial charge in [0.05, 0.1) is 0 Å². The maximum absolute atomic E-state index is 12.3. The zero-order valence-electron chi connectivity index (χ0n) is 16.4. The molecule has 0 saturated carbocycles. The molecule has 1 heterocycles. The van der Waals surface area contributed by atoms with Crippen LogP contribution in [0.5, 0.6) is 0 Å². The van der Waals surface area contributed by atoms with Crippen molar-refractivity contribution in [2.45, 2.75) is 38.5 Å². The van der Waals surface area contributed by atoms with Gasteiger partial charge in [0.2, 0.25) is 11.8 Å². The number of hydrogen-bond donors (Lipinski definition) is 2. The van der Waals surface area contributed by atoms with Gasteiger partial charge in [-0.05, 0) is 60.9 Å². The van der Waals surface area contributed by atoms with Crippen LogP contribution in [0, 0.1) is 5.92 Å². The summed E-state index contributed by atoms with van der Waals surface area (Å²) in [5.41, 5.74) is 14.9. The van der Waals surface area contributed by atoms with Gasteiger partial charge in [-0.2, -0.15) is 0 Å². The van der Waals surface area contributed by atoms with E-state index in [1.54, 1.807) is 12.1 Å². The largest absolute Gasteiger partial charge is 0.371 e. The highest BCUT2D eigenvalue weighted by Gasteiger charge is 2.27. The van der Waals surface area contributed by atoms with Crippen molar-refractivity contribution in [3.05, 3.63) is 65.2 Å². The lowest BCUT2D eigenvalue weighted by Crippen LogP contribution is -2.33. The number of carbonyl (C=O) groups is 2. The van der Waals surface area contributed by atoms with Gasteiger partial charge in [0.1, 0.15) is 0 Å². The zero-order valence-corrected chi connectivity index (χ0v) is 16.4. The van der Waals surface area contributed by atoms with Gasteiger partial charge in [0.15, 0.2) is 0 Å². The van der Waals surface area contributed by atoms with Crippen molar-refractivity contribution in [3.8, 4) is 0 Å². The van der Waals surface area contributed by atoms with E-state index in [0.29, 0.717) is 12.0 Å². The lowest BCUT2D eigenvalue weighted by Gasteiger charge is -2.33. The van der Waals surface area contributed by atoms with Crippen LogP contribution in [0.1, 0.15) is 53.6 Å². The second-order valence-corrected chi connectivity index (χ2v) is 7.67. The van der Waals surface area contributed by atoms with Crippen LogP contribution in [-0.2, 0) is 11.2 Å². The van der Waals surface area contributed by atoms with Crippen molar-refractivity contribution < 1.29 is 9.59 Å². The van der Waals surface area contributed by atoms with Crippen molar-refractivity contribution in [1.29, 1.82) is 0 Å². The summed E-state index contributed by atoms with van der Waals surface area (Å²) in [7, 11) is 0. The first kappa shape index (κ1) is 19.9. The fourth-order valence-electron chi connectivity index (χ4n) is 4.09. The molecule has 0 aliphatic carbocycles. The summed E-state index contributed by atoms with van der Waals surface area (Å²) in [6.45, 7) is 4.19. The third kappa shape index (κ3) is 4.53. The van der Waals surface area contributed by atoms with E-state index in [-0.39, 0.29) is 17.7 Å². The maximum Gasteiger partial charge on any atom is 0.248 e. The molecular formula is C23H29N3O2. The molecule has 4 N–H and O–H groups in total. The van der Waals surface area contributed by atoms with E-state index in [0.717, 1.165) is 18.7 Å². The number of para-hydroxylation sites is 1. The van der Waals surface area contributed by atoms with Gasteiger partial charge >= 0.3 is 0 Å². The summed E-state index contributed by atoms with van der Waals surface area (Å²) < 4.78 is 0. The zero-order chi connectivity index (χ0) is 20.1. The molecule has 1 aliphatic rings. The average Bonchev–Trinajstić information content (AvgIpc) is 2.72. The van der Waals surface area contributed by atoms with Gasteiger partial charge < -0.3 is 16.4 Å². The van der Waals surface area contributed by atoms with Crippen molar-refractivity contribution in [2.75, 3.05) is 18.0 Å². The Bertz CT molecular complexity index is 826. The van der Waals surface area contributed by atoms with Crippen molar-refractivity contribution in [3.63, 3.8) is 0 Å². The van der Waals surface area contributed by atoms with Crippen molar-refractivity contribution in [1.82, 2.24) is 0 Å². The Hall–Kier alpha value is -2.82. The van der Waals surface area contributed by atoms with E-state index in [2.05, 4.69) is 30.0 Å². The molecular weight excluding hydrogens is 350 g/mol. The molecule has 2 unspecified atom stereocenters. The summed E-state index contributed by atoms with van der Waals surface area (Å²) in [5, 5.41) is 0. The fourth-order valence-corrected chi connectivity index (χ4v) is 4.09. The molecule has 148 valence electrons. The van der Waals surface area contributed by atoms with Crippen LogP contribution in [0.3, 0.4) is 0 Å². The smallest absolute Gasteiger partial charge is 0.248 e. The number of rotatable bonds is 7. The fraction of sp³-hybridized carbons (Fsp3) is 0.391. The molecule has 28 heavy (non-hydrogen) atoms. The average molecular weight is 380 g/mol. The summed E-state index contributed by atoms with van der Waals surface area (Å²) in [6, 6.07) is 15.4. The number of piperidine rings is 1. The number of benzene rings is 2. The van der Waals surface area contributed by atoms with Gasteiger partial charge in [0, 0.05) is 30.3 Å². The molecule has 1 saturated heterocycles. The third-order valence-corrected chi connectivity index (χ3v) is 5.79. The van der Waals surface area contributed by atoms with Crippen molar-refractivity contribution in [2.24, 2.45) is 17.4 Å². The maximum atomic E-state index is 12.3. The number of primary amides is 2. The van der Waals surface area contributed by atoms with Gasteiger partial charge in [-0.1, -0.05) is 37.3 Å². The second-order valence-electron chi connectivity index (χ2n) is 7.67. The number of anilines is 1. The van der Waals surface area contributed by atoms with E-state index in [4.69, 9.17) is 11.5 Å². The molecule has 2 amide bonds. The van der Waals surface area contributed by atoms with E-state index in [1.165, 1.54) is 30.5 Å². The lowest BCUT2D eigenvalue weighted by molar-refractivity contribution is -0.122. The SMILES string of the molecule is CC(c1ccccc1N1CCCCC1)C(Cc1ccc(C(N)=O)cc1)C(N)=O. The highest BCUT2D eigenvalue weighted by molar-refractivity contribution is 5.92. The number of hydrogen-bond acceptors (Lipinski definition) is 3. The predicted octanol–water partition coefficient (Wildman–Crippen LogP) is 3.22. The van der Waals surface area contributed by atoms with Crippen LogP contribution >= 0.6 is 0 Å². The molecule has 1 aliphatic heterocycles. The Kier molecular flexibility index (Phi) is 6.34. The standard InChI is InChI=1S/C23H29N3O2/c1-16(19-7-3-4-8-21(19)26-13-5-2-6-14-26)20(23(25)28)15-17-9-11-18(12-10-17)22(24)27/h3-4,7-12,16,20H,2,5-6,13-15H2,1H3,(H2,24,27)(H2,25,28). The molecule has 2 atom stereocenters. The molecule has 2 aromatic rings. The summed E-state index contributed by atoms with van der Waals surface area (Å²) >= 11 is 0. The highest BCUT2D eigenvalue weighted by Crippen LogP contribution is 2.35. The van der Waals surface area contributed by atoms with Crippen LogP contribution in [0.2, 0.25) is 0 Å². The van der Waals surface area contributed by atoms with Crippen LogP contribution in [0.4, 0.5) is 5.69 Å². The van der Waals surface area contributed by atoms with Crippen LogP contribution < -0.4 is 16.4 Å². The van der Waals surface area contributed by atoms with E-state index in [9.17, 15) is 9.59 Å². The van der Waals surface area contributed by atoms with Gasteiger partial charge in [0.25, 0.3) is 0 Å². The van der Waals surface area contributed by atoms with Crippen LogP contribution in [0.25, 0.3) is 0 Å². The number of nitrogens with zero attached hydrogens (tertiary/aromatic N) is 1. The Labute approximate surface area is 166 Å². The Balaban J connectivity index is 1.84. The molecule has 5 nitrogen and oxygen atoms in total. The molecule has 5 heteroatoms. The molecule has 0 spiro atoms. The Morgan fingerprint density at radius 2 is 1.61 bits per heavy atom. The minimum absolute atomic E-state index is 0.00792. The minimum Gasteiger partial charge on any atom is -0.371 e. The van der Waals surface area contributed by atoms with E-state index < -0.39 is 5.91 Å². The van der Waals surface area contributed by atoms with Gasteiger partial charge in [-0.15, -0.1) is 0 Å². The normalized spacial score (nSPS) is 16.4. The van der Waals surface area contributed by atoms with E-state index >= 15 is 0 Å². The first-order valence-electron chi connectivity index (χ1n) is 9.99. The quantitative estimate of drug-likeness (QED) is 0.774. The first-order valence-corrected chi connectivity index (χ1v) is 9.99. The van der Waals surface area contributed by atoms with Gasteiger partial charge in [-0.25, -0.2) is 0 Å². The number of nitrogens with two attached hydrogens (primary N) is 2. The number of carbonyl (C=O) groups excluding carboxylic acids is 2. The summed E-state index contributed by atoms with van der Waals surface area (Å²) in [4.78, 5) is 26.0. The topological polar surface area (TPSA) is 89.4 Å². The third-order valence-electron chi connectivity index (χ3n) is 5.79. The summed E-state index contributed by atoms with van der Waals surface area (Å²) in [6.07, 6.45) is 4.21. The number of amides is 2. The molecule has 0 bridgehead atoms. The molecule has 3 rings (SSSR count). The second kappa shape index (κ2) is 8.91. The highest BCUT2D eigenvalue weighted by atomic mass is 16.1. The van der Waals surface area contributed by atoms with Crippen LogP contribution in [0.15, 0.2) is 48.5 Å². The molecule has 0 aromatic heterocycles. The Morgan fingerprint density at radius 3 is 2.21 bits per heavy atom. The monoisotopic (exact) mass is 379 g/mol. The molecule has 1 fully saturated rings. The van der Waals surface area contributed by atoms with Crippen molar-refractivity contribution >= 4 is 17.5 Å². The van der Waals surface area contributed by atoms with Crippen LogP contribution in [-0.4, -0.2) is 24.9 Å². The first-order chi connectivity index (χ1) is 13.5. The molecule has 0 radical (unpaired) electrons. The summed E-state index contributed by atoms with van der Waals surface area (Å²) in [5.74, 6) is -1.10. The van der Waals surface area contributed by atoms with E-state index in [1.807, 2.05) is 18.2 Å². The molecule has 2 aromatic carbocycles. The minimum atomic E-state index is -0.457. The lowest BCUT2D eigenvalue weighted by atomic mass is 9.81. The Morgan fingerprint density at radius 1 is 0.964 bits per heavy atom. The van der Waals surface area contributed by atoms with Gasteiger partial charge in [-0.3, -0.25) is 9.59 Å².